The summed E-state index contributed by atoms with van der Waals surface area (Å²) in [5.41, 5.74) is 0.332. The van der Waals surface area contributed by atoms with E-state index in [0.717, 1.165) is 12.2 Å². The molecule has 0 aliphatic carbocycles. The first-order valence-electron chi connectivity index (χ1n) is 4.49. The molecular weight excluding hydrogens is 136 g/mol. The fourth-order valence-electron chi connectivity index (χ4n) is 1.84. The van der Waals surface area contributed by atoms with Crippen molar-refractivity contribution in [3.05, 3.63) is 0 Å². The Balaban J connectivity index is 1.94. The largest absolute Gasteiger partial charge is 0.286 e. The molecule has 11 heavy (non-hydrogen) atoms. The van der Waals surface area contributed by atoms with Crippen molar-refractivity contribution in [2.24, 2.45) is 0 Å². The maximum Gasteiger partial charge on any atom is 0.0643 e. The molecule has 0 radical (unpaired) electrons. The van der Waals surface area contributed by atoms with Gasteiger partial charge in [0, 0.05) is 18.1 Å². The topological polar surface area (TPSA) is 6.25 Å². The van der Waals surface area contributed by atoms with Crippen LogP contribution in [-0.2, 0) is 0 Å². The van der Waals surface area contributed by atoms with Crippen LogP contribution in [0.1, 0.15) is 27.2 Å². The van der Waals surface area contributed by atoms with E-state index in [2.05, 4.69) is 37.6 Å². The SMILES string of the molecule is CN(C1CC2CN21)C(C)(C)C. The molecule has 0 amide bonds. The van der Waals surface area contributed by atoms with Crippen LogP contribution in [0.25, 0.3) is 0 Å². The smallest absolute Gasteiger partial charge is 0.0643 e. The third-order valence-electron chi connectivity index (χ3n) is 3.13. The van der Waals surface area contributed by atoms with Crippen LogP contribution in [0.15, 0.2) is 0 Å². The second-order valence-corrected chi connectivity index (χ2v) is 4.85. The Morgan fingerprint density at radius 3 is 2.27 bits per heavy atom. The van der Waals surface area contributed by atoms with E-state index in [1.807, 2.05) is 0 Å². The minimum Gasteiger partial charge on any atom is -0.286 e. The summed E-state index contributed by atoms with van der Waals surface area (Å²) in [4.78, 5) is 5.04. The Bertz CT molecular complexity index is 171. The van der Waals surface area contributed by atoms with E-state index in [0.29, 0.717) is 5.54 Å². The molecule has 2 rings (SSSR count). The van der Waals surface area contributed by atoms with Gasteiger partial charge < -0.3 is 0 Å². The standard InChI is InChI=1S/C9H18N2/c1-9(2,3)10(4)8-5-7-6-11(7)8/h7-8H,5-6H2,1-4H3. The van der Waals surface area contributed by atoms with E-state index < -0.39 is 0 Å². The maximum atomic E-state index is 2.56. The molecule has 2 aliphatic heterocycles. The molecule has 0 bridgehead atoms. The molecule has 0 aromatic rings. The summed E-state index contributed by atoms with van der Waals surface area (Å²) < 4.78 is 0. The van der Waals surface area contributed by atoms with Gasteiger partial charge in [0.15, 0.2) is 0 Å². The highest BCUT2D eigenvalue weighted by Crippen LogP contribution is 2.41. The van der Waals surface area contributed by atoms with Crippen molar-refractivity contribution in [2.45, 2.75) is 44.9 Å². The second kappa shape index (κ2) is 1.99. The Hall–Kier alpha value is -0.0800. The molecule has 2 nitrogen and oxygen atoms in total. The van der Waals surface area contributed by atoms with Crippen LogP contribution in [0.3, 0.4) is 0 Å². The normalized spacial score (nSPS) is 41.7. The van der Waals surface area contributed by atoms with Gasteiger partial charge in [-0.25, -0.2) is 0 Å². The van der Waals surface area contributed by atoms with Crippen molar-refractivity contribution in [3.8, 4) is 0 Å². The van der Waals surface area contributed by atoms with Crippen molar-refractivity contribution >= 4 is 0 Å². The van der Waals surface area contributed by atoms with Crippen molar-refractivity contribution in [2.75, 3.05) is 13.6 Å². The zero-order chi connectivity index (χ0) is 8.22. The molecule has 2 heteroatoms. The Kier molecular flexibility index (Phi) is 1.37. The van der Waals surface area contributed by atoms with Crippen LogP contribution >= 0.6 is 0 Å². The fourth-order valence-corrected chi connectivity index (χ4v) is 1.84. The van der Waals surface area contributed by atoms with Crippen LogP contribution in [-0.4, -0.2) is 41.1 Å². The van der Waals surface area contributed by atoms with Crippen molar-refractivity contribution in [1.29, 1.82) is 0 Å². The van der Waals surface area contributed by atoms with Gasteiger partial charge in [0.2, 0.25) is 0 Å². The summed E-state index contributed by atoms with van der Waals surface area (Å²) in [5.74, 6) is 0. The van der Waals surface area contributed by atoms with E-state index in [-0.39, 0.29) is 0 Å². The summed E-state index contributed by atoms with van der Waals surface area (Å²) >= 11 is 0. The molecule has 2 aliphatic rings. The average Bonchev–Trinajstić information content (AvgIpc) is 2.39. The van der Waals surface area contributed by atoms with Gasteiger partial charge in [0.05, 0.1) is 6.17 Å². The molecule has 0 aromatic heterocycles. The van der Waals surface area contributed by atoms with Crippen molar-refractivity contribution in [1.82, 2.24) is 9.80 Å². The molecular formula is C9H18N2. The first-order chi connectivity index (χ1) is 5.00. The Morgan fingerprint density at radius 1 is 1.36 bits per heavy atom. The predicted molar refractivity (Wildman–Crippen MR) is 46.4 cm³/mol. The summed E-state index contributed by atoms with van der Waals surface area (Å²) in [6.45, 7) is 8.20. The predicted octanol–water partition coefficient (Wildman–Crippen LogP) is 1.13. The van der Waals surface area contributed by atoms with Gasteiger partial charge >= 0.3 is 0 Å². The fraction of sp³-hybridized carbons (Fsp3) is 1.00. The number of hydrogen-bond donors (Lipinski definition) is 0. The molecule has 0 spiro atoms. The molecule has 0 N–H and O–H groups in total. The molecule has 64 valence electrons. The lowest BCUT2D eigenvalue weighted by atomic mass is 10.0. The Labute approximate surface area is 69.2 Å². The molecule has 2 heterocycles. The van der Waals surface area contributed by atoms with Gasteiger partial charge in [0.1, 0.15) is 0 Å². The van der Waals surface area contributed by atoms with Crippen LogP contribution < -0.4 is 0 Å². The molecule has 3 unspecified atom stereocenters. The van der Waals surface area contributed by atoms with Crippen LogP contribution in [0.2, 0.25) is 0 Å². The zero-order valence-electron chi connectivity index (χ0n) is 7.96. The Morgan fingerprint density at radius 2 is 2.00 bits per heavy atom. The number of fused-ring (bicyclic) bond motifs is 1. The first-order valence-corrected chi connectivity index (χ1v) is 4.49. The summed E-state index contributed by atoms with van der Waals surface area (Å²) in [7, 11) is 2.24. The lowest BCUT2D eigenvalue weighted by Crippen LogP contribution is -2.53. The maximum absolute atomic E-state index is 2.56. The summed E-state index contributed by atoms with van der Waals surface area (Å²) in [5, 5.41) is 0. The first kappa shape index (κ1) is 7.56. The van der Waals surface area contributed by atoms with Gasteiger partial charge in [-0.1, -0.05) is 0 Å². The van der Waals surface area contributed by atoms with Gasteiger partial charge in [-0.05, 0) is 34.2 Å². The van der Waals surface area contributed by atoms with Crippen LogP contribution in [0.5, 0.6) is 0 Å². The van der Waals surface area contributed by atoms with E-state index in [1.54, 1.807) is 0 Å². The van der Waals surface area contributed by atoms with Gasteiger partial charge in [-0.3, -0.25) is 9.80 Å². The highest BCUT2D eigenvalue weighted by molar-refractivity contribution is 5.07. The molecule has 2 fully saturated rings. The van der Waals surface area contributed by atoms with Crippen molar-refractivity contribution < 1.29 is 0 Å². The molecule has 0 saturated carbocycles. The summed E-state index contributed by atoms with van der Waals surface area (Å²) in [6.07, 6.45) is 2.15. The molecule has 2 saturated heterocycles. The van der Waals surface area contributed by atoms with E-state index >= 15 is 0 Å². The molecule has 3 atom stereocenters. The molecule has 0 aromatic carbocycles. The third-order valence-corrected chi connectivity index (χ3v) is 3.13. The lowest BCUT2D eigenvalue weighted by molar-refractivity contribution is 0.00761. The highest BCUT2D eigenvalue weighted by Gasteiger charge is 2.53. The highest BCUT2D eigenvalue weighted by atomic mass is 15.5. The van der Waals surface area contributed by atoms with Gasteiger partial charge in [-0.15, -0.1) is 0 Å². The minimum absolute atomic E-state index is 0.332. The quantitative estimate of drug-likeness (QED) is 0.522. The number of hydrogen-bond acceptors (Lipinski definition) is 2. The monoisotopic (exact) mass is 154 g/mol. The van der Waals surface area contributed by atoms with Gasteiger partial charge in [-0.2, -0.15) is 0 Å². The van der Waals surface area contributed by atoms with E-state index in [1.165, 1.54) is 13.0 Å². The minimum atomic E-state index is 0.332. The lowest BCUT2D eigenvalue weighted by Gasteiger charge is -2.43. The average molecular weight is 154 g/mol. The summed E-state index contributed by atoms with van der Waals surface area (Å²) in [6, 6.07) is 0.963. The van der Waals surface area contributed by atoms with Crippen LogP contribution in [0, 0.1) is 0 Å². The van der Waals surface area contributed by atoms with E-state index in [9.17, 15) is 0 Å². The number of rotatable bonds is 1. The van der Waals surface area contributed by atoms with Crippen LogP contribution in [0.4, 0.5) is 0 Å². The second-order valence-electron chi connectivity index (χ2n) is 4.85. The van der Waals surface area contributed by atoms with Crippen molar-refractivity contribution in [3.63, 3.8) is 0 Å². The number of nitrogens with zero attached hydrogens (tertiary/aromatic N) is 2. The van der Waals surface area contributed by atoms with Gasteiger partial charge in [0.25, 0.3) is 0 Å². The third kappa shape index (κ3) is 1.09. The zero-order valence-corrected chi connectivity index (χ0v) is 7.96. The van der Waals surface area contributed by atoms with E-state index in [4.69, 9.17) is 0 Å².